The van der Waals surface area contributed by atoms with E-state index in [9.17, 15) is 4.79 Å². The van der Waals surface area contributed by atoms with Gasteiger partial charge in [0, 0.05) is 25.7 Å². The molecule has 1 atom stereocenters. The summed E-state index contributed by atoms with van der Waals surface area (Å²) < 4.78 is 0. The van der Waals surface area contributed by atoms with Crippen LogP contribution in [0.25, 0.3) is 0 Å². The second-order valence-corrected chi connectivity index (χ2v) is 4.37. The van der Waals surface area contributed by atoms with Crippen molar-refractivity contribution in [2.45, 2.75) is 45.6 Å². The van der Waals surface area contributed by atoms with E-state index in [0.29, 0.717) is 6.04 Å². The van der Waals surface area contributed by atoms with E-state index in [1.807, 2.05) is 11.8 Å². The van der Waals surface area contributed by atoms with Crippen LogP contribution in [0.5, 0.6) is 0 Å². The van der Waals surface area contributed by atoms with Crippen molar-refractivity contribution < 1.29 is 4.79 Å². The maximum atomic E-state index is 11.9. The summed E-state index contributed by atoms with van der Waals surface area (Å²) in [6.45, 7) is 7.81. The molecule has 1 aliphatic rings. The van der Waals surface area contributed by atoms with Crippen LogP contribution < -0.4 is 10.6 Å². The molecule has 16 heavy (non-hydrogen) atoms. The van der Waals surface area contributed by atoms with Crippen LogP contribution in [-0.2, 0) is 0 Å². The molecule has 0 spiro atoms. The Morgan fingerprint density at radius 1 is 1.50 bits per heavy atom. The van der Waals surface area contributed by atoms with Crippen molar-refractivity contribution in [1.82, 2.24) is 15.5 Å². The number of hydrogen-bond donors (Lipinski definition) is 2. The predicted molar refractivity (Wildman–Crippen MR) is 66.6 cm³/mol. The molecule has 4 nitrogen and oxygen atoms in total. The molecular formula is C12H25N3O. The second kappa shape index (κ2) is 7.49. The number of likely N-dealkylation sites (N-methyl/N-ethyl adjacent to an activating group) is 1. The van der Waals surface area contributed by atoms with Gasteiger partial charge in [-0.3, -0.25) is 0 Å². The summed E-state index contributed by atoms with van der Waals surface area (Å²) in [6, 6.07) is 0.477. The Bertz CT molecular complexity index is 202. The number of carbonyl (C=O) groups is 1. The van der Waals surface area contributed by atoms with E-state index in [1.165, 1.54) is 6.42 Å². The first-order valence-corrected chi connectivity index (χ1v) is 6.54. The highest BCUT2D eigenvalue weighted by molar-refractivity contribution is 5.74. The smallest absolute Gasteiger partial charge is 0.317 e. The van der Waals surface area contributed by atoms with Crippen molar-refractivity contribution >= 4 is 6.03 Å². The zero-order valence-electron chi connectivity index (χ0n) is 10.6. The van der Waals surface area contributed by atoms with Gasteiger partial charge in [0.15, 0.2) is 0 Å². The number of amides is 2. The topological polar surface area (TPSA) is 44.4 Å². The Labute approximate surface area is 98.8 Å². The van der Waals surface area contributed by atoms with E-state index in [2.05, 4.69) is 17.6 Å². The van der Waals surface area contributed by atoms with Crippen molar-refractivity contribution in [3.8, 4) is 0 Å². The van der Waals surface area contributed by atoms with Gasteiger partial charge in [0.05, 0.1) is 0 Å². The van der Waals surface area contributed by atoms with Gasteiger partial charge in [0.25, 0.3) is 0 Å². The fraction of sp³-hybridized carbons (Fsp3) is 0.917. The summed E-state index contributed by atoms with van der Waals surface area (Å²) in [5.41, 5.74) is 0. The maximum absolute atomic E-state index is 11.9. The van der Waals surface area contributed by atoms with Gasteiger partial charge in [-0.15, -0.1) is 0 Å². The maximum Gasteiger partial charge on any atom is 0.317 e. The highest BCUT2D eigenvalue weighted by Gasteiger charge is 2.23. The van der Waals surface area contributed by atoms with E-state index in [0.717, 1.165) is 45.4 Å². The minimum atomic E-state index is 0.102. The van der Waals surface area contributed by atoms with Crippen LogP contribution in [0.3, 0.4) is 0 Å². The van der Waals surface area contributed by atoms with Gasteiger partial charge in [0.2, 0.25) is 0 Å². The van der Waals surface area contributed by atoms with Gasteiger partial charge in [-0.1, -0.05) is 13.3 Å². The number of nitrogens with one attached hydrogen (secondary N) is 2. The highest BCUT2D eigenvalue weighted by Crippen LogP contribution is 2.10. The standard InChI is InChI=1S/C12H25N3O/c1-3-5-9-14-12(16)15(4-2)11-7-6-8-13-10-11/h11,13H,3-10H2,1-2H3,(H,14,16). The van der Waals surface area contributed by atoms with Crippen molar-refractivity contribution in [3.05, 3.63) is 0 Å². The van der Waals surface area contributed by atoms with Gasteiger partial charge in [-0.05, 0) is 32.7 Å². The molecule has 2 amide bonds. The minimum absolute atomic E-state index is 0.102. The molecule has 1 aliphatic heterocycles. The second-order valence-electron chi connectivity index (χ2n) is 4.37. The van der Waals surface area contributed by atoms with Crippen LogP contribution in [0.1, 0.15) is 39.5 Å². The number of unbranched alkanes of at least 4 members (excludes halogenated alkanes) is 1. The van der Waals surface area contributed by atoms with Gasteiger partial charge < -0.3 is 15.5 Å². The average Bonchev–Trinajstić information content (AvgIpc) is 2.32. The number of hydrogen-bond acceptors (Lipinski definition) is 2. The Kier molecular flexibility index (Phi) is 6.23. The van der Waals surface area contributed by atoms with Crippen LogP contribution in [0.15, 0.2) is 0 Å². The van der Waals surface area contributed by atoms with Crippen LogP contribution in [0.4, 0.5) is 4.79 Å². The number of rotatable bonds is 5. The van der Waals surface area contributed by atoms with Crippen LogP contribution in [-0.4, -0.2) is 43.2 Å². The quantitative estimate of drug-likeness (QED) is 0.700. The molecule has 0 bridgehead atoms. The van der Waals surface area contributed by atoms with Gasteiger partial charge in [0.1, 0.15) is 0 Å². The summed E-state index contributed by atoms with van der Waals surface area (Å²) >= 11 is 0. The summed E-state index contributed by atoms with van der Waals surface area (Å²) in [6.07, 6.45) is 4.48. The summed E-state index contributed by atoms with van der Waals surface area (Å²) in [5.74, 6) is 0. The fourth-order valence-corrected chi connectivity index (χ4v) is 2.14. The highest BCUT2D eigenvalue weighted by atomic mass is 16.2. The number of carbonyl (C=O) groups excluding carboxylic acids is 1. The van der Waals surface area contributed by atoms with E-state index in [1.54, 1.807) is 0 Å². The minimum Gasteiger partial charge on any atom is -0.338 e. The fourth-order valence-electron chi connectivity index (χ4n) is 2.14. The molecule has 1 heterocycles. The largest absolute Gasteiger partial charge is 0.338 e. The molecule has 2 N–H and O–H groups in total. The molecule has 0 radical (unpaired) electrons. The molecule has 4 heteroatoms. The average molecular weight is 227 g/mol. The first-order valence-electron chi connectivity index (χ1n) is 6.54. The molecule has 1 unspecified atom stereocenters. The van der Waals surface area contributed by atoms with E-state index in [4.69, 9.17) is 0 Å². The number of urea groups is 1. The SMILES string of the molecule is CCCCNC(=O)N(CC)C1CCCNC1. The van der Waals surface area contributed by atoms with E-state index < -0.39 is 0 Å². The Hall–Kier alpha value is -0.770. The van der Waals surface area contributed by atoms with Crippen molar-refractivity contribution in [2.24, 2.45) is 0 Å². The lowest BCUT2D eigenvalue weighted by atomic mass is 10.1. The van der Waals surface area contributed by atoms with E-state index >= 15 is 0 Å². The van der Waals surface area contributed by atoms with Gasteiger partial charge >= 0.3 is 6.03 Å². The molecule has 1 rings (SSSR count). The lowest BCUT2D eigenvalue weighted by molar-refractivity contribution is 0.165. The zero-order valence-corrected chi connectivity index (χ0v) is 10.6. The van der Waals surface area contributed by atoms with Crippen LogP contribution in [0.2, 0.25) is 0 Å². The third kappa shape index (κ3) is 4.00. The monoisotopic (exact) mass is 227 g/mol. The molecule has 1 fully saturated rings. The summed E-state index contributed by atoms with van der Waals surface area (Å²) in [5, 5.41) is 6.34. The third-order valence-corrected chi connectivity index (χ3v) is 3.12. The Morgan fingerprint density at radius 3 is 2.88 bits per heavy atom. The molecule has 0 aliphatic carbocycles. The molecular weight excluding hydrogens is 202 g/mol. The molecule has 0 aromatic carbocycles. The third-order valence-electron chi connectivity index (χ3n) is 3.12. The number of nitrogens with zero attached hydrogens (tertiary/aromatic N) is 1. The van der Waals surface area contributed by atoms with Crippen molar-refractivity contribution in [3.63, 3.8) is 0 Å². The first kappa shape index (κ1) is 13.3. The van der Waals surface area contributed by atoms with E-state index in [-0.39, 0.29) is 6.03 Å². The Balaban J connectivity index is 2.35. The normalized spacial score (nSPS) is 20.5. The molecule has 94 valence electrons. The molecule has 0 saturated carbocycles. The van der Waals surface area contributed by atoms with Crippen molar-refractivity contribution in [2.75, 3.05) is 26.2 Å². The lowest BCUT2D eigenvalue weighted by Crippen LogP contribution is -2.52. The van der Waals surface area contributed by atoms with Crippen LogP contribution in [0, 0.1) is 0 Å². The molecule has 1 saturated heterocycles. The lowest BCUT2D eigenvalue weighted by Gasteiger charge is -2.33. The molecule has 0 aromatic rings. The molecule has 0 aromatic heterocycles. The van der Waals surface area contributed by atoms with Gasteiger partial charge in [-0.2, -0.15) is 0 Å². The summed E-state index contributed by atoms with van der Waals surface area (Å²) in [7, 11) is 0. The Morgan fingerprint density at radius 2 is 2.31 bits per heavy atom. The van der Waals surface area contributed by atoms with Crippen LogP contribution >= 0.6 is 0 Å². The first-order chi connectivity index (χ1) is 7.79. The van der Waals surface area contributed by atoms with Crippen molar-refractivity contribution in [1.29, 1.82) is 0 Å². The van der Waals surface area contributed by atoms with Gasteiger partial charge in [-0.25, -0.2) is 4.79 Å². The summed E-state index contributed by atoms with van der Waals surface area (Å²) in [4.78, 5) is 13.9. The zero-order chi connectivity index (χ0) is 11.8. The predicted octanol–water partition coefficient (Wildman–Crippen LogP) is 1.57. The number of piperidine rings is 1.